The second-order valence-corrected chi connectivity index (χ2v) is 11.2. The Kier molecular flexibility index (Phi) is 15.3. The van der Waals surface area contributed by atoms with Gasteiger partial charge in [0.25, 0.3) is 6.47 Å². The number of hydrogen-bond donors (Lipinski definition) is 2. The van der Waals surface area contributed by atoms with Crippen molar-refractivity contribution in [3.05, 3.63) is 54.0 Å². The van der Waals surface area contributed by atoms with Gasteiger partial charge >= 0.3 is 17.9 Å². The van der Waals surface area contributed by atoms with Crippen LogP contribution in [-0.4, -0.2) is 103 Å². The molecule has 3 aromatic rings. The van der Waals surface area contributed by atoms with E-state index in [1.807, 2.05) is 36.7 Å². The molecule has 0 bridgehead atoms. The minimum absolute atomic E-state index is 0.144. The predicted molar refractivity (Wildman–Crippen MR) is 176 cm³/mol. The van der Waals surface area contributed by atoms with Crippen molar-refractivity contribution < 1.29 is 67.0 Å². The van der Waals surface area contributed by atoms with Gasteiger partial charge < -0.3 is 48.0 Å². The van der Waals surface area contributed by atoms with Gasteiger partial charge in [-0.25, -0.2) is 9.78 Å². The van der Waals surface area contributed by atoms with Gasteiger partial charge in [-0.2, -0.15) is 0 Å². The second-order valence-electron chi connectivity index (χ2n) is 11.2. The number of esters is 3. The number of carbonyl (C=O) groups is 6. The molecule has 51 heavy (non-hydrogen) atoms. The molecule has 2 saturated heterocycles. The van der Waals surface area contributed by atoms with Gasteiger partial charge in [0.05, 0.1) is 24.5 Å². The van der Waals surface area contributed by atoms with E-state index in [1.165, 1.54) is 33.1 Å². The van der Waals surface area contributed by atoms with E-state index in [0.29, 0.717) is 30.6 Å². The molecule has 17 heteroatoms. The minimum Gasteiger partial charge on any atom is -0.483 e. The number of benzene rings is 1. The van der Waals surface area contributed by atoms with Crippen molar-refractivity contribution in [1.29, 1.82) is 0 Å². The fraction of sp³-hybridized carbons (Fsp3) is 0.441. The van der Waals surface area contributed by atoms with Gasteiger partial charge in [0.2, 0.25) is 12.6 Å². The molecule has 4 heterocycles. The molecule has 5 rings (SSSR count). The van der Waals surface area contributed by atoms with Gasteiger partial charge in [-0.1, -0.05) is 0 Å². The molecule has 2 aromatic heterocycles. The Labute approximate surface area is 293 Å². The number of hydrogen-bond acceptors (Lipinski definition) is 15. The van der Waals surface area contributed by atoms with E-state index < -0.39 is 42.7 Å². The third-order valence-electron chi connectivity index (χ3n) is 7.33. The Bertz CT molecular complexity index is 1660. The van der Waals surface area contributed by atoms with Crippen LogP contribution in [0.15, 0.2) is 42.7 Å². The average molecular weight is 716 g/mol. The summed E-state index contributed by atoms with van der Waals surface area (Å²) >= 11 is 0. The highest BCUT2D eigenvalue weighted by atomic mass is 16.7. The molecule has 2 aliphatic rings. The number of carboxylic acid groups (broad SMARTS) is 1. The van der Waals surface area contributed by atoms with Crippen molar-refractivity contribution in [2.24, 2.45) is 0 Å². The van der Waals surface area contributed by atoms with Crippen LogP contribution in [-0.2, 0) is 42.9 Å². The van der Waals surface area contributed by atoms with Crippen LogP contribution in [0.25, 0.3) is 5.65 Å². The largest absolute Gasteiger partial charge is 0.483 e. The summed E-state index contributed by atoms with van der Waals surface area (Å²) in [4.78, 5) is 69.3. The van der Waals surface area contributed by atoms with E-state index in [2.05, 4.69) is 10.3 Å². The predicted octanol–water partition coefficient (Wildman–Crippen LogP) is 3.21. The SMILES string of the molecule is CNc1ccc2nc(C=O)cn2c1.COC(=O)C1CC(OC(C)=O)CC(Oc2ccc(C=O)c(OC3CC(OC(C)=O)CC(C)O3)c2)O1.O=CO. The number of carbonyl (C=O) groups excluding carboxylic acids is 5. The van der Waals surface area contributed by atoms with Crippen molar-refractivity contribution in [3.8, 4) is 11.5 Å². The quantitative estimate of drug-likeness (QED) is 0.175. The summed E-state index contributed by atoms with van der Waals surface area (Å²) < 4.78 is 40.4. The van der Waals surface area contributed by atoms with Crippen molar-refractivity contribution in [3.63, 3.8) is 0 Å². The number of anilines is 1. The maximum Gasteiger partial charge on any atom is 0.335 e. The molecule has 6 atom stereocenters. The zero-order chi connectivity index (χ0) is 37.5. The van der Waals surface area contributed by atoms with E-state index >= 15 is 0 Å². The number of fused-ring (bicyclic) bond motifs is 1. The number of rotatable bonds is 10. The number of nitrogens with one attached hydrogen (secondary N) is 1. The first-order chi connectivity index (χ1) is 24.4. The number of methoxy groups -OCH3 is 1. The number of aromatic nitrogens is 2. The Morgan fingerprint density at radius 3 is 2.14 bits per heavy atom. The zero-order valence-corrected chi connectivity index (χ0v) is 28.7. The van der Waals surface area contributed by atoms with Crippen LogP contribution in [0.3, 0.4) is 0 Å². The summed E-state index contributed by atoms with van der Waals surface area (Å²) in [6, 6.07) is 8.33. The zero-order valence-electron chi connectivity index (χ0n) is 28.7. The van der Waals surface area contributed by atoms with Gasteiger partial charge in [0.1, 0.15) is 35.0 Å². The first-order valence-electron chi connectivity index (χ1n) is 15.8. The smallest absolute Gasteiger partial charge is 0.335 e. The third kappa shape index (κ3) is 12.4. The Balaban J connectivity index is 0.000000361. The Morgan fingerprint density at radius 1 is 0.902 bits per heavy atom. The van der Waals surface area contributed by atoms with Gasteiger partial charge in [-0.05, 0) is 31.2 Å². The van der Waals surface area contributed by atoms with E-state index in [4.69, 9.17) is 43.1 Å². The van der Waals surface area contributed by atoms with E-state index in [-0.39, 0.29) is 42.8 Å². The lowest BCUT2D eigenvalue weighted by atomic mass is 10.0. The topological polar surface area (TPSA) is 217 Å². The lowest BCUT2D eigenvalue weighted by Crippen LogP contribution is -2.44. The highest BCUT2D eigenvalue weighted by Gasteiger charge is 2.37. The highest BCUT2D eigenvalue weighted by Crippen LogP contribution is 2.32. The minimum atomic E-state index is -0.969. The normalized spacial score (nSPS) is 22.3. The number of nitrogens with zero attached hydrogens (tertiary/aromatic N) is 2. The lowest BCUT2D eigenvalue weighted by molar-refractivity contribution is -0.204. The number of imidazole rings is 1. The summed E-state index contributed by atoms with van der Waals surface area (Å²) in [7, 11) is 3.08. The molecule has 2 N–H and O–H groups in total. The molecule has 17 nitrogen and oxygen atoms in total. The third-order valence-corrected chi connectivity index (χ3v) is 7.33. The fourth-order valence-electron chi connectivity index (χ4n) is 5.29. The maximum atomic E-state index is 12.0. The summed E-state index contributed by atoms with van der Waals surface area (Å²) in [6.07, 6.45) is 2.28. The van der Waals surface area contributed by atoms with Crippen molar-refractivity contribution in [2.75, 3.05) is 19.5 Å². The van der Waals surface area contributed by atoms with E-state index in [9.17, 15) is 24.0 Å². The van der Waals surface area contributed by atoms with Crippen LogP contribution in [0, 0.1) is 0 Å². The number of pyridine rings is 1. The molecule has 2 aliphatic heterocycles. The van der Waals surface area contributed by atoms with Crippen molar-refractivity contribution in [1.82, 2.24) is 9.38 Å². The summed E-state index contributed by atoms with van der Waals surface area (Å²) in [5.74, 6) is -0.990. The van der Waals surface area contributed by atoms with Gasteiger partial charge in [-0.3, -0.25) is 24.0 Å². The maximum absolute atomic E-state index is 12.0. The van der Waals surface area contributed by atoms with Crippen LogP contribution in [0.5, 0.6) is 11.5 Å². The Hall–Kier alpha value is -5.55. The van der Waals surface area contributed by atoms with E-state index in [0.717, 1.165) is 17.6 Å². The van der Waals surface area contributed by atoms with Crippen LogP contribution < -0.4 is 14.8 Å². The summed E-state index contributed by atoms with van der Waals surface area (Å²) in [5, 5.41) is 9.90. The van der Waals surface area contributed by atoms with Crippen molar-refractivity contribution in [2.45, 2.75) is 83.5 Å². The van der Waals surface area contributed by atoms with Crippen LogP contribution in [0.4, 0.5) is 5.69 Å². The molecule has 276 valence electrons. The standard InChI is InChI=1S/C24H30O11.C9H9N3O.CH2O2/c1-13-7-18(31-14(2)26)10-22(30-13)34-20-8-17(6-5-16(20)12-25)33-23-11-19(32-15(3)27)9-21(35-23)24(28)29-4;1-10-7-2-3-9-11-8(6-13)5-12(9)4-7;2-1-3/h5-6,8,12-13,18-19,21-23H,7,9-11H2,1-4H3;2-6,10H,1H3;1H,(H,2,3). The monoisotopic (exact) mass is 715 g/mol. The summed E-state index contributed by atoms with van der Waals surface area (Å²) in [5.41, 5.74) is 2.48. The molecular formula is C34H41N3O14. The lowest BCUT2D eigenvalue weighted by Gasteiger charge is -2.34. The molecule has 0 amide bonds. The van der Waals surface area contributed by atoms with Crippen molar-refractivity contribution >= 4 is 48.3 Å². The molecule has 1 aromatic carbocycles. The van der Waals surface area contributed by atoms with Gasteiger partial charge in [-0.15, -0.1) is 0 Å². The average Bonchev–Trinajstić information content (AvgIpc) is 3.50. The van der Waals surface area contributed by atoms with Crippen LogP contribution in [0.2, 0.25) is 0 Å². The second kappa shape index (κ2) is 19.6. The molecule has 0 radical (unpaired) electrons. The van der Waals surface area contributed by atoms with E-state index in [1.54, 1.807) is 12.3 Å². The molecule has 2 fully saturated rings. The molecule has 6 unspecified atom stereocenters. The van der Waals surface area contributed by atoms with Crippen LogP contribution in [0.1, 0.15) is 67.3 Å². The highest BCUT2D eigenvalue weighted by molar-refractivity contribution is 5.80. The van der Waals surface area contributed by atoms with Gasteiger partial charge in [0.15, 0.2) is 18.7 Å². The number of aldehydes is 2. The molecule has 0 saturated carbocycles. The molecule has 0 spiro atoms. The van der Waals surface area contributed by atoms with Gasteiger partial charge in [0, 0.05) is 65.0 Å². The number of ether oxygens (including phenoxy) is 7. The molecular weight excluding hydrogens is 674 g/mol. The Morgan fingerprint density at radius 2 is 1.55 bits per heavy atom. The first-order valence-corrected chi connectivity index (χ1v) is 15.8. The summed E-state index contributed by atoms with van der Waals surface area (Å²) in [6.45, 7) is 4.20. The molecule has 0 aliphatic carbocycles. The first kappa shape index (κ1) is 39.9. The van der Waals surface area contributed by atoms with Crippen LogP contribution >= 0.6 is 0 Å². The fourth-order valence-corrected chi connectivity index (χ4v) is 5.29.